The van der Waals surface area contributed by atoms with E-state index in [4.69, 9.17) is 4.74 Å². The fraction of sp³-hybridized carbons (Fsp3) is 0.318. The first-order chi connectivity index (χ1) is 14.0. The van der Waals surface area contributed by atoms with Gasteiger partial charge in [-0.1, -0.05) is 18.2 Å². The van der Waals surface area contributed by atoms with Crippen molar-refractivity contribution in [1.29, 1.82) is 0 Å². The summed E-state index contributed by atoms with van der Waals surface area (Å²) in [5.41, 5.74) is 2.01. The Bertz CT molecular complexity index is 894. The van der Waals surface area contributed by atoms with Gasteiger partial charge in [-0.25, -0.2) is 4.79 Å². The third-order valence-corrected chi connectivity index (χ3v) is 5.00. The number of benzene rings is 2. The molecule has 0 aromatic heterocycles. The Morgan fingerprint density at radius 1 is 1.10 bits per heavy atom. The van der Waals surface area contributed by atoms with E-state index in [1.54, 1.807) is 36.3 Å². The molecule has 1 heterocycles. The van der Waals surface area contributed by atoms with Gasteiger partial charge < -0.3 is 19.7 Å². The number of hydrogen-bond acceptors (Lipinski definition) is 5. The Balaban J connectivity index is 1.55. The van der Waals surface area contributed by atoms with Crippen molar-refractivity contribution in [3.8, 4) is 5.75 Å². The molecule has 0 bridgehead atoms. The van der Waals surface area contributed by atoms with Crippen LogP contribution in [-0.2, 0) is 20.7 Å². The molecule has 7 nitrogen and oxygen atoms in total. The molecule has 1 fully saturated rings. The van der Waals surface area contributed by atoms with Crippen LogP contribution in [0.15, 0.2) is 48.5 Å². The minimum absolute atomic E-state index is 0.0268. The van der Waals surface area contributed by atoms with E-state index in [1.807, 2.05) is 24.3 Å². The van der Waals surface area contributed by atoms with E-state index in [1.165, 1.54) is 7.11 Å². The van der Waals surface area contributed by atoms with E-state index >= 15 is 0 Å². The number of carbonyl (C=O) groups excluding carboxylic acids is 3. The van der Waals surface area contributed by atoms with Crippen molar-refractivity contribution >= 4 is 23.5 Å². The molecule has 29 heavy (non-hydrogen) atoms. The first kappa shape index (κ1) is 20.4. The van der Waals surface area contributed by atoms with Crippen molar-refractivity contribution < 1.29 is 23.9 Å². The number of hydrogen-bond donors (Lipinski definition) is 1. The molecule has 2 aromatic rings. The average molecular weight is 396 g/mol. The standard InChI is InChI=1S/C22H24N2O5/c1-28-19-6-4-3-5-15(19)11-12-24-14-17(13-20(24)25)21(26)23-18-9-7-16(8-10-18)22(27)29-2/h3-10,17H,11-14H2,1-2H3,(H,23,26). The van der Waals surface area contributed by atoms with Crippen molar-refractivity contribution in [2.45, 2.75) is 12.8 Å². The maximum absolute atomic E-state index is 12.6. The fourth-order valence-electron chi connectivity index (χ4n) is 3.38. The Labute approximate surface area is 169 Å². The Hall–Kier alpha value is -3.35. The number of nitrogens with one attached hydrogen (secondary N) is 1. The maximum atomic E-state index is 12.6. The minimum Gasteiger partial charge on any atom is -0.496 e. The normalized spacial score (nSPS) is 15.9. The summed E-state index contributed by atoms with van der Waals surface area (Å²) in [5.74, 6) is -0.274. The van der Waals surface area contributed by atoms with Crippen LogP contribution >= 0.6 is 0 Å². The van der Waals surface area contributed by atoms with Gasteiger partial charge in [0.15, 0.2) is 0 Å². The van der Waals surface area contributed by atoms with Gasteiger partial charge in [-0.2, -0.15) is 0 Å². The molecule has 0 spiro atoms. The quantitative estimate of drug-likeness (QED) is 0.727. The summed E-state index contributed by atoms with van der Waals surface area (Å²) in [6, 6.07) is 14.2. The van der Waals surface area contributed by atoms with Crippen molar-refractivity contribution in [3.05, 3.63) is 59.7 Å². The second-order valence-corrected chi connectivity index (χ2v) is 6.86. The molecule has 2 amide bonds. The number of carbonyl (C=O) groups is 3. The van der Waals surface area contributed by atoms with E-state index in [-0.39, 0.29) is 18.2 Å². The van der Waals surface area contributed by atoms with Crippen molar-refractivity contribution in [2.24, 2.45) is 5.92 Å². The summed E-state index contributed by atoms with van der Waals surface area (Å²) in [5, 5.41) is 2.81. The molecule has 0 radical (unpaired) electrons. The number of ether oxygens (including phenoxy) is 2. The van der Waals surface area contributed by atoms with Crippen molar-refractivity contribution in [2.75, 3.05) is 32.6 Å². The predicted molar refractivity (Wildman–Crippen MR) is 108 cm³/mol. The average Bonchev–Trinajstić information content (AvgIpc) is 3.13. The van der Waals surface area contributed by atoms with Crippen molar-refractivity contribution in [3.63, 3.8) is 0 Å². The zero-order chi connectivity index (χ0) is 20.8. The first-order valence-corrected chi connectivity index (χ1v) is 9.40. The lowest BCUT2D eigenvalue weighted by Crippen LogP contribution is -2.30. The lowest BCUT2D eigenvalue weighted by molar-refractivity contribution is -0.128. The maximum Gasteiger partial charge on any atom is 0.337 e. The zero-order valence-electron chi connectivity index (χ0n) is 16.5. The van der Waals surface area contributed by atoms with E-state index in [0.717, 1.165) is 11.3 Å². The Kier molecular flexibility index (Phi) is 6.49. The van der Waals surface area contributed by atoms with Crippen molar-refractivity contribution in [1.82, 2.24) is 4.90 Å². The van der Waals surface area contributed by atoms with Crippen LogP contribution in [0.25, 0.3) is 0 Å². The second-order valence-electron chi connectivity index (χ2n) is 6.86. The molecule has 1 saturated heterocycles. The molecule has 2 aromatic carbocycles. The molecule has 0 saturated carbocycles. The van der Waals surface area contributed by atoms with Gasteiger partial charge in [0.2, 0.25) is 11.8 Å². The highest BCUT2D eigenvalue weighted by Crippen LogP contribution is 2.23. The second kappa shape index (κ2) is 9.23. The molecular weight excluding hydrogens is 372 g/mol. The number of esters is 1. The van der Waals surface area contributed by atoms with Crippen LogP contribution < -0.4 is 10.1 Å². The number of para-hydroxylation sites is 1. The summed E-state index contributed by atoms with van der Waals surface area (Å²) in [4.78, 5) is 38.1. The number of amides is 2. The monoisotopic (exact) mass is 396 g/mol. The number of anilines is 1. The van der Waals surface area contributed by atoms with Crippen LogP contribution in [0.4, 0.5) is 5.69 Å². The molecular formula is C22H24N2O5. The highest BCUT2D eigenvalue weighted by molar-refractivity contribution is 5.97. The van der Waals surface area contributed by atoms with Gasteiger partial charge >= 0.3 is 5.97 Å². The first-order valence-electron chi connectivity index (χ1n) is 9.40. The van der Waals surface area contributed by atoms with E-state index in [2.05, 4.69) is 10.1 Å². The number of likely N-dealkylation sites (tertiary alicyclic amines) is 1. The molecule has 1 unspecified atom stereocenters. The van der Waals surface area contributed by atoms with Gasteiger partial charge in [-0.3, -0.25) is 9.59 Å². The molecule has 1 aliphatic rings. The van der Waals surface area contributed by atoms with Gasteiger partial charge in [-0.05, 0) is 42.3 Å². The Morgan fingerprint density at radius 3 is 2.52 bits per heavy atom. The summed E-state index contributed by atoms with van der Waals surface area (Å²) in [6.07, 6.45) is 0.858. The molecule has 3 rings (SSSR count). The predicted octanol–water partition coefficient (Wildman–Crippen LogP) is 2.51. The third-order valence-electron chi connectivity index (χ3n) is 5.00. The van der Waals surface area contributed by atoms with Gasteiger partial charge in [-0.15, -0.1) is 0 Å². The summed E-state index contributed by atoms with van der Waals surface area (Å²) in [6.45, 7) is 0.927. The van der Waals surface area contributed by atoms with Gasteiger partial charge in [0.05, 0.1) is 25.7 Å². The molecule has 1 atom stereocenters. The van der Waals surface area contributed by atoms with Crippen LogP contribution in [0.5, 0.6) is 5.75 Å². The third kappa shape index (κ3) is 4.93. The van der Waals surface area contributed by atoms with Gasteiger partial charge in [0.25, 0.3) is 0 Å². The molecule has 0 aliphatic carbocycles. The summed E-state index contributed by atoms with van der Waals surface area (Å²) >= 11 is 0. The highest BCUT2D eigenvalue weighted by atomic mass is 16.5. The molecule has 152 valence electrons. The number of rotatable bonds is 7. The SMILES string of the molecule is COC(=O)c1ccc(NC(=O)C2CC(=O)N(CCc3ccccc3OC)C2)cc1. The topological polar surface area (TPSA) is 84.9 Å². The lowest BCUT2D eigenvalue weighted by Gasteiger charge is -2.17. The zero-order valence-corrected chi connectivity index (χ0v) is 16.5. The van der Waals surface area contributed by atoms with Crippen LogP contribution in [0.1, 0.15) is 22.3 Å². The number of nitrogens with zero attached hydrogens (tertiary/aromatic N) is 1. The number of methoxy groups -OCH3 is 2. The van der Waals surface area contributed by atoms with Crippen LogP contribution in [-0.4, -0.2) is 50.0 Å². The fourth-order valence-corrected chi connectivity index (χ4v) is 3.38. The minimum atomic E-state index is -0.435. The van der Waals surface area contributed by atoms with Gasteiger partial charge in [0.1, 0.15) is 5.75 Å². The van der Waals surface area contributed by atoms with Crippen LogP contribution in [0, 0.1) is 5.92 Å². The smallest absolute Gasteiger partial charge is 0.337 e. The van der Waals surface area contributed by atoms with E-state index in [0.29, 0.717) is 30.8 Å². The highest BCUT2D eigenvalue weighted by Gasteiger charge is 2.34. The van der Waals surface area contributed by atoms with E-state index in [9.17, 15) is 14.4 Å². The molecule has 7 heteroatoms. The van der Waals surface area contributed by atoms with Crippen LogP contribution in [0.3, 0.4) is 0 Å². The summed E-state index contributed by atoms with van der Waals surface area (Å²) in [7, 11) is 2.94. The summed E-state index contributed by atoms with van der Waals surface area (Å²) < 4.78 is 10.0. The lowest BCUT2D eigenvalue weighted by atomic mass is 10.1. The van der Waals surface area contributed by atoms with Gasteiger partial charge in [0, 0.05) is 25.2 Å². The Morgan fingerprint density at radius 2 is 1.83 bits per heavy atom. The molecule has 1 N–H and O–H groups in total. The van der Waals surface area contributed by atoms with E-state index < -0.39 is 11.9 Å². The largest absolute Gasteiger partial charge is 0.496 e. The molecule has 1 aliphatic heterocycles. The van der Waals surface area contributed by atoms with Crippen LogP contribution in [0.2, 0.25) is 0 Å².